The van der Waals surface area contributed by atoms with Crippen molar-refractivity contribution in [1.29, 1.82) is 0 Å². The van der Waals surface area contributed by atoms with Crippen LogP contribution in [-0.2, 0) is 4.74 Å². The first-order valence-electron chi connectivity index (χ1n) is 7.09. The number of nitrogens with one attached hydrogen (secondary N) is 1. The van der Waals surface area contributed by atoms with Gasteiger partial charge < -0.3 is 14.8 Å². The number of ether oxygens (including phenoxy) is 1. The molecule has 0 aliphatic carbocycles. The van der Waals surface area contributed by atoms with Crippen LogP contribution in [0.2, 0.25) is 0 Å². The van der Waals surface area contributed by atoms with E-state index >= 15 is 0 Å². The van der Waals surface area contributed by atoms with Crippen molar-refractivity contribution >= 4 is 16.9 Å². The van der Waals surface area contributed by atoms with E-state index in [0.717, 1.165) is 16.8 Å². The Hall–Kier alpha value is -2.75. The number of fused-ring (bicyclic) bond motifs is 1. The maximum atomic E-state index is 12.2. The Kier molecular flexibility index (Phi) is 3.59. The van der Waals surface area contributed by atoms with Crippen molar-refractivity contribution in [2.24, 2.45) is 0 Å². The zero-order chi connectivity index (χ0) is 15.7. The number of phenolic OH excluding ortho intramolecular Hbond substituents is 1. The molecule has 22 heavy (non-hydrogen) atoms. The van der Waals surface area contributed by atoms with E-state index in [-0.39, 0.29) is 11.7 Å². The fraction of sp³-hybridized carbons (Fsp3) is 0.167. The topological polar surface area (TPSA) is 62.3 Å². The SMILES string of the molecule is COC(=O)c1c(C(C)c2ccccc2)[nH]c2ccc(O)cc12. The highest BCUT2D eigenvalue weighted by atomic mass is 16.5. The molecule has 4 heteroatoms. The second-order valence-electron chi connectivity index (χ2n) is 5.27. The predicted octanol–water partition coefficient (Wildman–Crippen LogP) is 3.81. The molecule has 0 fully saturated rings. The fourth-order valence-electron chi connectivity index (χ4n) is 2.76. The van der Waals surface area contributed by atoms with Crippen LogP contribution >= 0.6 is 0 Å². The molecule has 3 rings (SSSR count). The fourth-order valence-corrected chi connectivity index (χ4v) is 2.76. The van der Waals surface area contributed by atoms with Crippen molar-refractivity contribution in [3.8, 4) is 5.75 Å². The maximum absolute atomic E-state index is 12.2. The Balaban J connectivity index is 2.22. The number of carbonyl (C=O) groups excluding carboxylic acids is 1. The number of rotatable bonds is 3. The van der Waals surface area contributed by atoms with Crippen LogP contribution < -0.4 is 0 Å². The number of benzene rings is 2. The molecule has 1 aromatic heterocycles. The Bertz CT molecular complexity index is 821. The number of aromatic hydroxyl groups is 1. The van der Waals surface area contributed by atoms with Crippen LogP contribution in [0.1, 0.15) is 34.5 Å². The van der Waals surface area contributed by atoms with E-state index in [4.69, 9.17) is 4.74 Å². The van der Waals surface area contributed by atoms with Gasteiger partial charge in [-0.15, -0.1) is 0 Å². The minimum atomic E-state index is -0.408. The summed E-state index contributed by atoms with van der Waals surface area (Å²) < 4.78 is 4.93. The van der Waals surface area contributed by atoms with Gasteiger partial charge in [0.25, 0.3) is 0 Å². The average Bonchev–Trinajstić information content (AvgIpc) is 2.92. The number of hydrogen-bond acceptors (Lipinski definition) is 3. The highest BCUT2D eigenvalue weighted by Gasteiger charge is 2.23. The number of H-pyrrole nitrogens is 1. The second-order valence-corrected chi connectivity index (χ2v) is 5.27. The molecule has 0 saturated carbocycles. The molecule has 1 heterocycles. The summed E-state index contributed by atoms with van der Waals surface area (Å²) in [6.45, 7) is 2.03. The van der Waals surface area contributed by atoms with E-state index in [1.165, 1.54) is 7.11 Å². The molecule has 0 aliphatic rings. The molecule has 2 aromatic carbocycles. The van der Waals surface area contributed by atoms with Crippen molar-refractivity contribution in [1.82, 2.24) is 4.98 Å². The monoisotopic (exact) mass is 295 g/mol. The van der Waals surface area contributed by atoms with Gasteiger partial charge in [0.1, 0.15) is 5.75 Å². The lowest BCUT2D eigenvalue weighted by Crippen LogP contribution is -2.07. The average molecular weight is 295 g/mol. The van der Waals surface area contributed by atoms with E-state index in [1.807, 2.05) is 37.3 Å². The molecule has 112 valence electrons. The van der Waals surface area contributed by atoms with Gasteiger partial charge in [-0.25, -0.2) is 4.79 Å². The van der Waals surface area contributed by atoms with Crippen molar-refractivity contribution < 1.29 is 14.6 Å². The molecule has 1 atom stereocenters. The predicted molar refractivity (Wildman–Crippen MR) is 85.3 cm³/mol. The Morgan fingerprint density at radius 1 is 1.18 bits per heavy atom. The number of hydrogen-bond donors (Lipinski definition) is 2. The number of carbonyl (C=O) groups is 1. The number of aromatic amines is 1. The summed E-state index contributed by atoms with van der Waals surface area (Å²) in [6.07, 6.45) is 0. The zero-order valence-corrected chi connectivity index (χ0v) is 12.5. The van der Waals surface area contributed by atoms with E-state index in [9.17, 15) is 9.90 Å². The van der Waals surface area contributed by atoms with Crippen LogP contribution in [0.15, 0.2) is 48.5 Å². The van der Waals surface area contributed by atoms with Crippen LogP contribution in [-0.4, -0.2) is 23.2 Å². The summed E-state index contributed by atoms with van der Waals surface area (Å²) in [7, 11) is 1.36. The van der Waals surface area contributed by atoms with Crippen molar-refractivity contribution in [3.05, 3.63) is 65.4 Å². The highest BCUT2D eigenvalue weighted by Crippen LogP contribution is 2.33. The van der Waals surface area contributed by atoms with Crippen molar-refractivity contribution in [2.75, 3.05) is 7.11 Å². The third-order valence-corrected chi connectivity index (χ3v) is 3.93. The van der Waals surface area contributed by atoms with Crippen LogP contribution in [0, 0.1) is 0 Å². The van der Waals surface area contributed by atoms with Crippen LogP contribution in [0.4, 0.5) is 0 Å². The molecule has 0 amide bonds. The Morgan fingerprint density at radius 2 is 1.91 bits per heavy atom. The second kappa shape index (κ2) is 5.56. The molecule has 0 radical (unpaired) electrons. The molecular weight excluding hydrogens is 278 g/mol. The maximum Gasteiger partial charge on any atom is 0.340 e. The highest BCUT2D eigenvalue weighted by molar-refractivity contribution is 6.06. The van der Waals surface area contributed by atoms with Crippen molar-refractivity contribution in [2.45, 2.75) is 12.8 Å². The molecule has 0 saturated heterocycles. The molecule has 0 bridgehead atoms. The minimum Gasteiger partial charge on any atom is -0.508 e. The van der Waals surface area contributed by atoms with Gasteiger partial charge in [0.2, 0.25) is 0 Å². The number of aromatic nitrogens is 1. The summed E-state index contributed by atoms with van der Waals surface area (Å²) in [4.78, 5) is 15.5. The lowest BCUT2D eigenvalue weighted by Gasteiger charge is -2.12. The summed E-state index contributed by atoms with van der Waals surface area (Å²) in [5.74, 6) is -0.282. The van der Waals surface area contributed by atoms with Gasteiger partial charge in [-0.2, -0.15) is 0 Å². The van der Waals surface area contributed by atoms with Crippen molar-refractivity contribution in [3.63, 3.8) is 0 Å². The standard InChI is InChI=1S/C18H17NO3/c1-11(12-6-4-3-5-7-12)17-16(18(21)22-2)14-10-13(20)8-9-15(14)19-17/h3-11,19-20H,1-2H3. The largest absolute Gasteiger partial charge is 0.508 e. The Morgan fingerprint density at radius 3 is 2.59 bits per heavy atom. The minimum absolute atomic E-state index is 0.00448. The van der Waals surface area contributed by atoms with Gasteiger partial charge in [-0.05, 0) is 23.8 Å². The van der Waals surface area contributed by atoms with Gasteiger partial charge >= 0.3 is 5.97 Å². The zero-order valence-electron chi connectivity index (χ0n) is 12.5. The summed E-state index contributed by atoms with van der Waals surface area (Å²) in [5.41, 5.74) is 3.17. The third kappa shape index (κ3) is 2.33. The lowest BCUT2D eigenvalue weighted by atomic mass is 9.94. The van der Waals surface area contributed by atoms with E-state index in [0.29, 0.717) is 10.9 Å². The van der Waals surface area contributed by atoms with Crippen LogP contribution in [0.25, 0.3) is 10.9 Å². The van der Waals surface area contributed by atoms with E-state index in [2.05, 4.69) is 4.98 Å². The van der Waals surface area contributed by atoms with Gasteiger partial charge in [0.15, 0.2) is 0 Å². The van der Waals surface area contributed by atoms with E-state index < -0.39 is 5.97 Å². The Labute approximate surface area is 128 Å². The first kappa shape index (κ1) is 14.2. The number of phenols is 1. The molecule has 2 N–H and O–H groups in total. The number of methoxy groups -OCH3 is 1. The van der Waals surface area contributed by atoms with Gasteiger partial charge in [0, 0.05) is 22.5 Å². The normalized spacial score (nSPS) is 12.3. The molecule has 1 unspecified atom stereocenters. The molecule has 0 aliphatic heterocycles. The first-order chi connectivity index (χ1) is 10.6. The summed E-state index contributed by atoms with van der Waals surface area (Å²) >= 11 is 0. The lowest BCUT2D eigenvalue weighted by molar-refractivity contribution is 0.0601. The quantitative estimate of drug-likeness (QED) is 0.722. The number of esters is 1. The first-order valence-corrected chi connectivity index (χ1v) is 7.09. The third-order valence-electron chi connectivity index (χ3n) is 3.93. The van der Waals surface area contributed by atoms with Gasteiger partial charge in [0.05, 0.1) is 12.7 Å². The van der Waals surface area contributed by atoms with Gasteiger partial charge in [-0.1, -0.05) is 37.3 Å². The van der Waals surface area contributed by atoms with Gasteiger partial charge in [-0.3, -0.25) is 0 Å². The summed E-state index contributed by atoms with van der Waals surface area (Å²) in [5, 5.41) is 10.4. The molecule has 4 nitrogen and oxygen atoms in total. The smallest absolute Gasteiger partial charge is 0.340 e. The summed E-state index contributed by atoms with van der Waals surface area (Å²) in [6, 6.07) is 14.9. The molecule has 0 spiro atoms. The van der Waals surface area contributed by atoms with E-state index in [1.54, 1.807) is 18.2 Å². The molecule has 3 aromatic rings. The molecular formula is C18H17NO3. The van der Waals surface area contributed by atoms with Crippen LogP contribution in [0.5, 0.6) is 5.75 Å². The van der Waals surface area contributed by atoms with Crippen LogP contribution in [0.3, 0.4) is 0 Å².